The molecule has 0 spiro atoms. The van der Waals surface area contributed by atoms with Crippen LogP contribution in [0.2, 0.25) is 5.02 Å². The van der Waals surface area contributed by atoms with E-state index in [0.29, 0.717) is 10.8 Å². The molecule has 21 heavy (non-hydrogen) atoms. The van der Waals surface area contributed by atoms with E-state index in [9.17, 15) is 8.42 Å². The third-order valence-electron chi connectivity index (χ3n) is 2.60. The van der Waals surface area contributed by atoms with Crippen LogP contribution in [-0.2, 0) is 10.0 Å². The van der Waals surface area contributed by atoms with Gasteiger partial charge in [-0.1, -0.05) is 27.5 Å². The first-order valence-electron chi connectivity index (χ1n) is 6.11. The van der Waals surface area contributed by atoms with Crippen LogP contribution >= 0.6 is 27.5 Å². The predicted molar refractivity (Wildman–Crippen MR) is 86.3 cm³/mol. The van der Waals surface area contributed by atoms with Gasteiger partial charge in [0.1, 0.15) is 12.4 Å². The number of halogens is 2. The van der Waals surface area contributed by atoms with Crippen molar-refractivity contribution < 1.29 is 13.2 Å². The molecule has 0 saturated carbocycles. The Morgan fingerprint density at radius 2 is 1.67 bits per heavy atom. The van der Waals surface area contributed by atoms with E-state index >= 15 is 0 Å². The van der Waals surface area contributed by atoms with E-state index in [4.69, 9.17) is 16.3 Å². The van der Waals surface area contributed by atoms with Crippen LogP contribution in [0.15, 0.2) is 57.9 Å². The summed E-state index contributed by atoms with van der Waals surface area (Å²) in [6.45, 7) is 0.415. The molecule has 0 aliphatic carbocycles. The molecule has 0 fully saturated rings. The summed E-state index contributed by atoms with van der Waals surface area (Å²) in [5, 5.41) is 0.623. The Hall–Kier alpha value is -1.08. The van der Waals surface area contributed by atoms with Crippen LogP contribution in [0, 0.1) is 0 Å². The Morgan fingerprint density at radius 3 is 2.29 bits per heavy atom. The summed E-state index contributed by atoms with van der Waals surface area (Å²) in [4.78, 5) is 0.220. The first-order valence-corrected chi connectivity index (χ1v) is 8.76. The van der Waals surface area contributed by atoms with Crippen molar-refractivity contribution in [2.45, 2.75) is 4.90 Å². The maximum atomic E-state index is 12.0. The first-order chi connectivity index (χ1) is 9.97. The summed E-state index contributed by atoms with van der Waals surface area (Å²) >= 11 is 9.02. The number of ether oxygens (including phenoxy) is 1. The zero-order valence-corrected chi connectivity index (χ0v) is 14.1. The lowest BCUT2D eigenvalue weighted by atomic mass is 10.3. The summed E-state index contributed by atoms with van der Waals surface area (Å²) in [5.41, 5.74) is 0. The van der Waals surface area contributed by atoms with Gasteiger partial charge >= 0.3 is 0 Å². The summed E-state index contributed by atoms with van der Waals surface area (Å²) in [6, 6.07) is 13.3. The lowest BCUT2D eigenvalue weighted by molar-refractivity contribution is 0.323. The number of hydrogen-bond acceptors (Lipinski definition) is 3. The lowest BCUT2D eigenvalue weighted by Gasteiger charge is -2.08. The van der Waals surface area contributed by atoms with E-state index in [1.165, 1.54) is 12.1 Å². The van der Waals surface area contributed by atoms with E-state index in [1.54, 1.807) is 36.4 Å². The number of benzene rings is 2. The minimum atomic E-state index is -3.51. The van der Waals surface area contributed by atoms with Crippen molar-refractivity contribution in [3.63, 3.8) is 0 Å². The fraction of sp³-hybridized carbons (Fsp3) is 0.143. The predicted octanol–water partition coefficient (Wildman–Crippen LogP) is 3.46. The highest BCUT2D eigenvalue weighted by molar-refractivity contribution is 9.10. The number of hydrogen-bond donors (Lipinski definition) is 1. The quantitative estimate of drug-likeness (QED) is 0.769. The Morgan fingerprint density at radius 1 is 1.05 bits per heavy atom. The summed E-state index contributed by atoms with van der Waals surface area (Å²) in [5.74, 6) is 0.641. The Labute approximate surface area is 137 Å². The van der Waals surface area contributed by atoms with Crippen LogP contribution in [0.5, 0.6) is 5.75 Å². The number of sulfonamides is 1. The van der Waals surface area contributed by atoms with E-state index in [0.717, 1.165) is 4.47 Å². The van der Waals surface area contributed by atoms with Gasteiger partial charge in [-0.25, -0.2) is 13.1 Å². The van der Waals surface area contributed by atoms with Gasteiger partial charge < -0.3 is 4.74 Å². The second-order valence-electron chi connectivity index (χ2n) is 4.15. The van der Waals surface area contributed by atoms with E-state index in [-0.39, 0.29) is 18.0 Å². The molecule has 0 radical (unpaired) electrons. The highest BCUT2D eigenvalue weighted by Gasteiger charge is 2.12. The molecule has 0 bridgehead atoms. The van der Waals surface area contributed by atoms with Crippen molar-refractivity contribution in [2.75, 3.05) is 13.2 Å². The smallest absolute Gasteiger partial charge is 0.240 e. The standard InChI is InChI=1S/C14H13BrClNO3S/c15-11-1-7-14(8-2-11)21(18,19)17-9-10-20-13-5-3-12(16)4-6-13/h1-8,17H,9-10H2. The van der Waals surface area contributed by atoms with Crippen molar-refractivity contribution in [2.24, 2.45) is 0 Å². The molecule has 0 aliphatic heterocycles. The minimum Gasteiger partial charge on any atom is -0.492 e. The molecule has 0 heterocycles. The van der Waals surface area contributed by atoms with Crippen LogP contribution in [0.4, 0.5) is 0 Å². The molecule has 7 heteroatoms. The summed E-state index contributed by atoms with van der Waals surface area (Å²) in [6.07, 6.45) is 0. The number of nitrogens with one attached hydrogen (secondary N) is 1. The van der Waals surface area contributed by atoms with Gasteiger partial charge in [0, 0.05) is 16.0 Å². The average Bonchev–Trinajstić information content (AvgIpc) is 2.46. The molecule has 0 aromatic heterocycles. The molecule has 2 aromatic carbocycles. The molecule has 112 valence electrons. The summed E-state index contributed by atoms with van der Waals surface area (Å²) in [7, 11) is -3.51. The molecule has 2 aromatic rings. The molecular weight excluding hydrogens is 378 g/mol. The van der Waals surface area contributed by atoms with Crippen LogP contribution in [0.1, 0.15) is 0 Å². The zero-order chi connectivity index (χ0) is 15.3. The van der Waals surface area contributed by atoms with E-state index in [2.05, 4.69) is 20.7 Å². The maximum Gasteiger partial charge on any atom is 0.240 e. The second kappa shape index (κ2) is 7.26. The Balaban J connectivity index is 1.85. The monoisotopic (exact) mass is 389 g/mol. The number of rotatable bonds is 6. The molecule has 0 unspecified atom stereocenters. The van der Waals surface area contributed by atoms with Crippen molar-refractivity contribution in [3.05, 3.63) is 58.0 Å². The van der Waals surface area contributed by atoms with Crippen molar-refractivity contribution in [1.29, 1.82) is 0 Å². The van der Waals surface area contributed by atoms with Crippen LogP contribution < -0.4 is 9.46 Å². The fourth-order valence-electron chi connectivity index (χ4n) is 1.57. The summed E-state index contributed by atoms with van der Waals surface area (Å²) < 4.78 is 32.7. The van der Waals surface area contributed by atoms with Gasteiger partial charge in [-0.05, 0) is 48.5 Å². The molecule has 0 aliphatic rings. The lowest BCUT2D eigenvalue weighted by Crippen LogP contribution is -2.28. The maximum absolute atomic E-state index is 12.0. The van der Waals surface area contributed by atoms with E-state index in [1.807, 2.05) is 0 Å². The fourth-order valence-corrected chi connectivity index (χ4v) is 2.98. The zero-order valence-electron chi connectivity index (χ0n) is 10.9. The molecular formula is C14H13BrClNO3S. The van der Waals surface area contributed by atoms with Gasteiger partial charge in [0.15, 0.2) is 0 Å². The largest absolute Gasteiger partial charge is 0.492 e. The third kappa shape index (κ3) is 5.00. The van der Waals surface area contributed by atoms with Crippen molar-refractivity contribution >= 4 is 37.6 Å². The molecule has 0 atom stereocenters. The Bertz CT molecular complexity index is 687. The normalized spacial score (nSPS) is 11.3. The Kier molecular flexibility index (Phi) is 5.64. The molecule has 0 saturated heterocycles. The van der Waals surface area contributed by atoms with Gasteiger partial charge in [0.2, 0.25) is 10.0 Å². The third-order valence-corrected chi connectivity index (χ3v) is 4.86. The molecule has 1 N–H and O–H groups in total. The first kappa shape index (κ1) is 16.3. The molecule has 2 rings (SSSR count). The minimum absolute atomic E-state index is 0.182. The van der Waals surface area contributed by atoms with Gasteiger partial charge in [-0.3, -0.25) is 0 Å². The second-order valence-corrected chi connectivity index (χ2v) is 7.27. The van der Waals surface area contributed by atoms with Crippen LogP contribution in [0.3, 0.4) is 0 Å². The van der Waals surface area contributed by atoms with Gasteiger partial charge in [-0.2, -0.15) is 0 Å². The molecule has 4 nitrogen and oxygen atoms in total. The van der Waals surface area contributed by atoms with Gasteiger partial charge in [0.05, 0.1) is 4.90 Å². The average molecular weight is 391 g/mol. The van der Waals surface area contributed by atoms with Crippen molar-refractivity contribution in [3.8, 4) is 5.75 Å². The highest BCUT2D eigenvalue weighted by Crippen LogP contribution is 2.16. The van der Waals surface area contributed by atoms with Gasteiger partial charge in [-0.15, -0.1) is 0 Å². The van der Waals surface area contributed by atoms with Crippen LogP contribution in [0.25, 0.3) is 0 Å². The SMILES string of the molecule is O=S(=O)(NCCOc1ccc(Cl)cc1)c1ccc(Br)cc1. The topological polar surface area (TPSA) is 55.4 Å². The van der Waals surface area contributed by atoms with E-state index < -0.39 is 10.0 Å². The van der Waals surface area contributed by atoms with Crippen molar-refractivity contribution in [1.82, 2.24) is 4.72 Å². The molecule has 0 amide bonds. The van der Waals surface area contributed by atoms with Crippen LogP contribution in [-0.4, -0.2) is 21.6 Å². The highest BCUT2D eigenvalue weighted by atomic mass is 79.9. The van der Waals surface area contributed by atoms with Gasteiger partial charge in [0.25, 0.3) is 0 Å².